The van der Waals surface area contributed by atoms with E-state index >= 15 is 0 Å². The monoisotopic (exact) mass is 474 g/mol. The smallest absolute Gasteiger partial charge is 0.270 e. The van der Waals surface area contributed by atoms with Crippen LogP contribution in [-0.2, 0) is 17.6 Å². The maximum Gasteiger partial charge on any atom is 0.270 e. The van der Waals surface area contributed by atoms with Crippen LogP contribution in [0, 0.1) is 0 Å². The first-order valence-corrected chi connectivity index (χ1v) is 11.8. The maximum absolute atomic E-state index is 13.5. The van der Waals surface area contributed by atoms with Gasteiger partial charge in [0.1, 0.15) is 17.3 Å². The number of Topliss-reactive ketones (excluding diaryl/α,β-unsaturated/α-hetero) is 1. The van der Waals surface area contributed by atoms with Gasteiger partial charge in [-0.25, -0.2) is 8.78 Å². The van der Waals surface area contributed by atoms with Crippen LogP contribution in [0.1, 0.15) is 64.7 Å². The lowest BCUT2D eigenvalue weighted by molar-refractivity contribution is -0.0495. The number of carbonyl (C=O) groups excluding carboxylic acids is 2. The number of ketones is 1. The number of ether oxygens (including phenoxy) is 1. The molecule has 4 rings (SSSR count). The summed E-state index contributed by atoms with van der Waals surface area (Å²) >= 11 is 0. The number of rotatable bonds is 8. The Morgan fingerprint density at radius 3 is 2.59 bits per heavy atom. The lowest BCUT2D eigenvalue weighted by Gasteiger charge is -2.31. The normalized spacial score (nSPS) is 17.5. The van der Waals surface area contributed by atoms with E-state index in [1.807, 2.05) is 24.0 Å². The van der Waals surface area contributed by atoms with Gasteiger partial charge in [-0.1, -0.05) is 13.5 Å². The summed E-state index contributed by atoms with van der Waals surface area (Å²) in [6, 6.07) is 3.81. The molecule has 1 fully saturated rings. The second-order valence-corrected chi connectivity index (χ2v) is 9.04. The maximum atomic E-state index is 13.5. The van der Waals surface area contributed by atoms with Crippen LogP contribution in [0.2, 0.25) is 0 Å². The van der Waals surface area contributed by atoms with Crippen molar-refractivity contribution in [2.24, 2.45) is 0 Å². The number of halogens is 2. The van der Waals surface area contributed by atoms with Gasteiger partial charge in [-0.05, 0) is 54.5 Å². The van der Waals surface area contributed by atoms with Crippen LogP contribution in [-0.4, -0.2) is 65.8 Å². The highest BCUT2D eigenvalue weighted by atomic mass is 19.3. The third-order valence-electron chi connectivity index (χ3n) is 6.70. The second kappa shape index (κ2) is 9.74. The van der Waals surface area contributed by atoms with Crippen molar-refractivity contribution in [3.8, 4) is 0 Å². The van der Waals surface area contributed by atoms with Crippen molar-refractivity contribution in [1.29, 1.82) is 0 Å². The van der Waals surface area contributed by atoms with Gasteiger partial charge >= 0.3 is 0 Å². The van der Waals surface area contributed by atoms with Crippen LogP contribution >= 0.6 is 0 Å². The van der Waals surface area contributed by atoms with E-state index in [0.29, 0.717) is 36.4 Å². The zero-order valence-electron chi connectivity index (χ0n) is 19.8. The van der Waals surface area contributed by atoms with E-state index in [0.717, 1.165) is 42.1 Å². The van der Waals surface area contributed by atoms with Crippen molar-refractivity contribution in [1.82, 2.24) is 14.9 Å². The van der Waals surface area contributed by atoms with Crippen molar-refractivity contribution in [2.75, 3.05) is 38.3 Å². The van der Waals surface area contributed by atoms with Gasteiger partial charge in [-0.2, -0.15) is 0 Å². The van der Waals surface area contributed by atoms with Gasteiger partial charge < -0.3 is 24.5 Å². The van der Waals surface area contributed by atoms with Crippen LogP contribution in [0.3, 0.4) is 0 Å². The van der Waals surface area contributed by atoms with Crippen molar-refractivity contribution in [2.45, 2.75) is 51.4 Å². The van der Waals surface area contributed by atoms with E-state index in [4.69, 9.17) is 4.74 Å². The van der Waals surface area contributed by atoms with Crippen LogP contribution < -0.4 is 4.90 Å². The number of hydrogen-bond donors (Lipinski definition) is 2. The highest BCUT2D eigenvalue weighted by Crippen LogP contribution is 2.35. The van der Waals surface area contributed by atoms with Crippen LogP contribution in [0.15, 0.2) is 24.3 Å². The molecule has 0 spiro atoms. The molecule has 184 valence electrons. The van der Waals surface area contributed by atoms with Gasteiger partial charge in [0.05, 0.1) is 12.3 Å². The van der Waals surface area contributed by atoms with Crippen molar-refractivity contribution in [3.05, 3.63) is 46.8 Å². The first-order valence-electron chi connectivity index (χ1n) is 11.8. The zero-order chi connectivity index (χ0) is 24.5. The first kappa shape index (κ1) is 24.2. The predicted molar refractivity (Wildman–Crippen MR) is 126 cm³/mol. The number of nitrogens with one attached hydrogen (secondary N) is 2. The number of anilines is 2. The molecule has 7 nitrogen and oxygen atoms in total. The molecule has 0 atom stereocenters. The Morgan fingerprint density at radius 2 is 1.91 bits per heavy atom. The van der Waals surface area contributed by atoms with Crippen LogP contribution in [0.25, 0.3) is 0 Å². The van der Waals surface area contributed by atoms with E-state index < -0.39 is 5.92 Å². The summed E-state index contributed by atoms with van der Waals surface area (Å²) < 4.78 is 32.1. The molecule has 4 heterocycles. The molecule has 0 saturated carbocycles. The van der Waals surface area contributed by atoms with Gasteiger partial charge in [0.2, 0.25) is 5.78 Å². The molecule has 2 aliphatic heterocycles. The van der Waals surface area contributed by atoms with E-state index in [1.165, 1.54) is 4.90 Å². The average molecular weight is 475 g/mol. The van der Waals surface area contributed by atoms with Gasteiger partial charge in [0.25, 0.3) is 11.8 Å². The molecule has 0 aromatic carbocycles. The lowest BCUT2D eigenvalue weighted by atomic mass is 10.0. The molecule has 2 N–H and O–H groups in total. The van der Waals surface area contributed by atoms with E-state index in [9.17, 15) is 18.4 Å². The number of nitrogens with zero attached hydrogens (tertiary/aromatic N) is 2. The molecule has 1 amide bonds. The number of aromatic amines is 2. The SMILES string of the molecule is C=C(CCOC)C(=O)c1[nH]c(N2CCCc3cc(C(=O)N4CCC(F)(F)CC4)[nH]c32)cc1CC. The number of aromatic nitrogens is 2. The zero-order valence-corrected chi connectivity index (χ0v) is 19.8. The fraction of sp³-hybridized carbons (Fsp3) is 0.520. The number of alkyl halides is 2. The fourth-order valence-corrected chi connectivity index (χ4v) is 4.64. The fourth-order valence-electron chi connectivity index (χ4n) is 4.64. The summed E-state index contributed by atoms with van der Waals surface area (Å²) in [6.07, 6.45) is 2.24. The van der Waals surface area contributed by atoms with Crippen LogP contribution in [0.5, 0.6) is 0 Å². The van der Waals surface area contributed by atoms with Gasteiger partial charge in [0, 0.05) is 39.6 Å². The number of likely N-dealkylation sites (tertiary alicyclic amines) is 1. The average Bonchev–Trinajstić information content (AvgIpc) is 3.46. The molecule has 1 saturated heterocycles. The molecule has 0 bridgehead atoms. The number of fused-ring (bicyclic) bond motifs is 1. The van der Waals surface area contributed by atoms with E-state index in [2.05, 4.69) is 16.5 Å². The van der Waals surface area contributed by atoms with Gasteiger partial charge in [0.15, 0.2) is 0 Å². The molecule has 2 aromatic rings. The summed E-state index contributed by atoms with van der Waals surface area (Å²) in [7, 11) is 1.59. The number of aryl methyl sites for hydroxylation is 2. The Morgan fingerprint density at radius 1 is 1.18 bits per heavy atom. The van der Waals surface area contributed by atoms with Crippen molar-refractivity contribution < 1.29 is 23.1 Å². The Balaban J connectivity index is 1.57. The molecule has 2 aliphatic rings. The molecule has 0 aliphatic carbocycles. The van der Waals surface area contributed by atoms with Crippen molar-refractivity contribution in [3.63, 3.8) is 0 Å². The Hall–Kier alpha value is -2.94. The molecule has 2 aromatic heterocycles. The minimum Gasteiger partial charge on any atom is -0.384 e. The van der Waals surface area contributed by atoms with E-state index in [-0.39, 0.29) is 37.6 Å². The summed E-state index contributed by atoms with van der Waals surface area (Å²) in [5, 5.41) is 0. The number of carbonyl (C=O) groups is 2. The largest absolute Gasteiger partial charge is 0.384 e. The molecule has 0 unspecified atom stereocenters. The van der Waals surface area contributed by atoms with Gasteiger partial charge in [-0.3, -0.25) is 9.59 Å². The van der Waals surface area contributed by atoms with Crippen LogP contribution in [0.4, 0.5) is 20.4 Å². The predicted octanol–water partition coefficient (Wildman–Crippen LogP) is 4.64. The molecule has 9 heteroatoms. The quantitative estimate of drug-likeness (QED) is 0.432. The summed E-state index contributed by atoms with van der Waals surface area (Å²) in [5.74, 6) is -1.49. The second-order valence-electron chi connectivity index (χ2n) is 9.04. The van der Waals surface area contributed by atoms with Crippen molar-refractivity contribution >= 4 is 23.3 Å². The third-order valence-corrected chi connectivity index (χ3v) is 6.70. The highest BCUT2D eigenvalue weighted by molar-refractivity contribution is 6.08. The number of H-pyrrole nitrogens is 2. The van der Waals surface area contributed by atoms with Gasteiger partial charge in [-0.15, -0.1) is 0 Å². The Kier molecular flexibility index (Phi) is 6.93. The highest BCUT2D eigenvalue weighted by Gasteiger charge is 2.36. The van der Waals surface area contributed by atoms with E-state index in [1.54, 1.807) is 7.11 Å². The lowest BCUT2D eigenvalue weighted by Crippen LogP contribution is -2.42. The molecule has 0 radical (unpaired) electrons. The minimum atomic E-state index is -2.70. The number of amides is 1. The number of hydrogen-bond acceptors (Lipinski definition) is 4. The molecular formula is C25H32F2N4O3. The number of methoxy groups -OCH3 is 1. The Labute approximate surface area is 198 Å². The third kappa shape index (κ3) is 4.80. The first-order chi connectivity index (χ1) is 16.2. The molecule has 34 heavy (non-hydrogen) atoms. The Bertz CT molecular complexity index is 1080. The standard InChI is InChI=1S/C25H32F2N4O3/c1-4-17-15-20(29-21(17)22(32)16(2)7-13-34-3)31-10-5-6-18-14-19(28-23(18)31)24(33)30-11-8-25(26,27)9-12-30/h14-15,28-29H,2,4-13H2,1,3H3. The summed E-state index contributed by atoms with van der Waals surface area (Å²) in [6.45, 7) is 7.17. The molecular weight excluding hydrogens is 442 g/mol. The number of piperidine rings is 1. The summed E-state index contributed by atoms with van der Waals surface area (Å²) in [4.78, 5) is 36.0. The summed E-state index contributed by atoms with van der Waals surface area (Å²) in [5.41, 5.74) is 3.34. The minimum absolute atomic E-state index is 0.0498. The topological polar surface area (TPSA) is 81.4 Å².